The summed E-state index contributed by atoms with van der Waals surface area (Å²) in [7, 11) is 0. The van der Waals surface area contributed by atoms with Gasteiger partial charge in [0.25, 0.3) is 0 Å². The summed E-state index contributed by atoms with van der Waals surface area (Å²) in [6.07, 6.45) is 7.70. The number of aromatic nitrogens is 2. The van der Waals surface area contributed by atoms with Crippen LogP contribution in [0.3, 0.4) is 0 Å². The molecule has 1 aliphatic carbocycles. The molecule has 2 aromatic heterocycles. The lowest BCUT2D eigenvalue weighted by molar-refractivity contribution is 0.101. The molecule has 5 nitrogen and oxygen atoms in total. The van der Waals surface area contributed by atoms with Gasteiger partial charge in [0.1, 0.15) is 11.7 Å². The summed E-state index contributed by atoms with van der Waals surface area (Å²) in [4.78, 5) is 4.35. The summed E-state index contributed by atoms with van der Waals surface area (Å²) in [5.41, 5.74) is 2.55. The summed E-state index contributed by atoms with van der Waals surface area (Å²) < 4.78 is 1.96. The highest BCUT2D eigenvalue weighted by molar-refractivity contribution is 5.44. The number of aliphatic hydroxyl groups excluding tert-OH is 1. The number of aliphatic hydroxyl groups is 1. The zero-order chi connectivity index (χ0) is 14.7. The van der Waals surface area contributed by atoms with Crippen molar-refractivity contribution in [3.63, 3.8) is 0 Å². The Hall–Kier alpha value is -1.90. The number of fused-ring (bicyclic) bond motifs is 1. The lowest BCUT2D eigenvalue weighted by Gasteiger charge is -2.25. The minimum absolute atomic E-state index is 0.125. The van der Waals surface area contributed by atoms with Crippen molar-refractivity contribution >= 4 is 5.65 Å². The highest BCUT2D eigenvalue weighted by atomic mass is 16.3. The molecule has 21 heavy (non-hydrogen) atoms. The van der Waals surface area contributed by atoms with Gasteiger partial charge in [-0.1, -0.05) is 6.42 Å². The molecule has 0 aliphatic heterocycles. The SMILES string of the molecule is N#Cc1ccc2ncc(CNCC3CCCC(O)C3)n2c1. The van der Waals surface area contributed by atoms with Gasteiger partial charge in [0, 0.05) is 12.7 Å². The molecular formula is C16H20N4O. The molecule has 5 heteroatoms. The van der Waals surface area contributed by atoms with Crippen molar-refractivity contribution in [1.29, 1.82) is 5.26 Å². The second-order valence-electron chi connectivity index (χ2n) is 5.82. The molecule has 0 aromatic carbocycles. The van der Waals surface area contributed by atoms with Gasteiger partial charge in [-0.3, -0.25) is 0 Å². The Morgan fingerprint density at radius 1 is 1.43 bits per heavy atom. The van der Waals surface area contributed by atoms with E-state index in [-0.39, 0.29) is 6.10 Å². The molecule has 110 valence electrons. The summed E-state index contributed by atoms with van der Waals surface area (Å²) in [6, 6.07) is 5.79. The van der Waals surface area contributed by atoms with E-state index in [1.54, 1.807) is 6.07 Å². The molecular weight excluding hydrogens is 264 g/mol. The van der Waals surface area contributed by atoms with E-state index in [0.717, 1.165) is 43.7 Å². The van der Waals surface area contributed by atoms with Crippen LogP contribution in [0.5, 0.6) is 0 Å². The zero-order valence-electron chi connectivity index (χ0n) is 12.0. The quantitative estimate of drug-likeness (QED) is 0.898. The molecule has 2 heterocycles. The molecule has 2 N–H and O–H groups in total. The maximum absolute atomic E-state index is 9.69. The predicted molar refractivity (Wildman–Crippen MR) is 79.6 cm³/mol. The van der Waals surface area contributed by atoms with Gasteiger partial charge in [0.05, 0.1) is 23.6 Å². The second kappa shape index (κ2) is 6.25. The van der Waals surface area contributed by atoms with E-state index in [9.17, 15) is 5.11 Å². The summed E-state index contributed by atoms with van der Waals surface area (Å²) >= 11 is 0. The number of nitriles is 1. The van der Waals surface area contributed by atoms with E-state index in [1.165, 1.54) is 6.42 Å². The number of pyridine rings is 1. The van der Waals surface area contributed by atoms with Crippen LogP contribution >= 0.6 is 0 Å². The number of hydrogen-bond acceptors (Lipinski definition) is 4. The van der Waals surface area contributed by atoms with Gasteiger partial charge in [-0.2, -0.15) is 5.26 Å². The summed E-state index contributed by atoms with van der Waals surface area (Å²) in [5, 5.41) is 22.1. The lowest BCUT2D eigenvalue weighted by Crippen LogP contribution is -2.29. The molecule has 0 radical (unpaired) electrons. The van der Waals surface area contributed by atoms with Gasteiger partial charge in [-0.15, -0.1) is 0 Å². The molecule has 1 fully saturated rings. The van der Waals surface area contributed by atoms with Crippen LogP contribution in [0.2, 0.25) is 0 Å². The molecule has 0 spiro atoms. The van der Waals surface area contributed by atoms with Crippen LogP contribution in [0.15, 0.2) is 24.5 Å². The predicted octanol–water partition coefficient (Wildman–Crippen LogP) is 1.85. The average molecular weight is 284 g/mol. The second-order valence-corrected chi connectivity index (χ2v) is 5.82. The first-order valence-electron chi connectivity index (χ1n) is 7.51. The molecule has 3 rings (SSSR count). The van der Waals surface area contributed by atoms with Crippen molar-refractivity contribution in [2.45, 2.75) is 38.3 Å². The Morgan fingerprint density at radius 3 is 3.14 bits per heavy atom. The first kappa shape index (κ1) is 14.1. The van der Waals surface area contributed by atoms with Crippen molar-refractivity contribution in [2.24, 2.45) is 5.92 Å². The van der Waals surface area contributed by atoms with E-state index in [0.29, 0.717) is 11.5 Å². The Morgan fingerprint density at radius 2 is 2.33 bits per heavy atom. The number of rotatable bonds is 4. The number of hydrogen-bond donors (Lipinski definition) is 2. The topological polar surface area (TPSA) is 73.3 Å². The van der Waals surface area contributed by atoms with Gasteiger partial charge in [-0.25, -0.2) is 4.98 Å². The monoisotopic (exact) mass is 284 g/mol. The van der Waals surface area contributed by atoms with Crippen LogP contribution in [0, 0.1) is 17.2 Å². The van der Waals surface area contributed by atoms with E-state index < -0.39 is 0 Å². The lowest BCUT2D eigenvalue weighted by atomic mass is 9.87. The van der Waals surface area contributed by atoms with Crippen molar-refractivity contribution in [3.05, 3.63) is 35.8 Å². The number of nitrogens with zero attached hydrogens (tertiary/aromatic N) is 3. The summed E-state index contributed by atoms with van der Waals surface area (Å²) in [6.45, 7) is 1.64. The molecule has 0 amide bonds. The van der Waals surface area contributed by atoms with Crippen LogP contribution in [0.4, 0.5) is 0 Å². The Balaban J connectivity index is 1.61. The van der Waals surface area contributed by atoms with Gasteiger partial charge in [-0.05, 0) is 43.9 Å². The highest BCUT2D eigenvalue weighted by Crippen LogP contribution is 2.23. The molecule has 2 aromatic rings. The minimum Gasteiger partial charge on any atom is -0.393 e. The largest absolute Gasteiger partial charge is 0.393 e. The highest BCUT2D eigenvalue weighted by Gasteiger charge is 2.19. The van der Waals surface area contributed by atoms with E-state index in [2.05, 4.69) is 16.4 Å². The van der Waals surface area contributed by atoms with Crippen LogP contribution in [0.25, 0.3) is 5.65 Å². The Labute approximate surface area is 124 Å². The van der Waals surface area contributed by atoms with Crippen LogP contribution in [-0.2, 0) is 6.54 Å². The third-order valence-electron chi connectivity index (χ3n) is 4.21. The van der Waals surface area contributed by atoms with Gasteiger partial charge in [0.15, 0.2) is 0 Å². The fourth-order valence-electron chi connectivity index (χ4n) is 3.08. The third-order valence-corrected chi connectivity index (χ3v) is 4.21. The third kappa shape index (κ3) is 3.23. The molecule has 2 unspecified atom stereocenters. The zero-order valence-corrected chi connectivity index (χ0v) is 12.0. The molecule has 1 aliphatic rings. The Bertz CT molecular complexity index is 658. The maximum Gasteiger partial charge on any atom is 0.137 e. The van der Waals surface area contributed by atoms with Gasteiger partial charge >= 0.3 is 0 Å². The maximum atomic E-state index is 9.69. The first-order chi connectivity index (χ1) is 10.3. The van der Waals surface area contributed by atoms with Crippen molar-refractivity contribution in [1.82, 2.24) is 14.7 Å². The molecule has 0 bridgehead atoms. The van der Waals surface area contributed by atoms with Crippen LogP contribution in [-0.4, -0.2) is 27.1 Å². The van der Waals surface area contributed by atoms with Crippen LogP contribution in [0.1, 0.15) is 36.9 Å². The first-order valence-corrected chi connectivity index (χ1v) is 7.51. The number of nitrogens with one attached hydrogen (secondary N) is 1. The van der Waals surface area contributed by atoms with E-state index in [1.807, 2.05) is 22.9 Å². The normalized spacial score (nSPS) is 22.3. The fourth-order valence-corrected chi connectivity index (χ4v) is 3.08. The smallest absolute Gasteiger partial charge is 0.137 e. The van der Waals surface area contributed by atoms with Gasteiger partial charge < -0.3 is 14.8 Å². The summed E-state index contributed by atoms with van der Waals surface area (Å²) in [5.74, 6) is 0.558. The van der Waals surface area contributed by atoms with E-state index >= 15 is 0 Å². The van der Waals surface area contributed by atoms with Crippen LogP contribution < -0.4 is 5.32 Å². The van der Waals surface area contributed by atoms with Crippen molar-refractivity contribution in [2.75, 3.05) is 6.54 Å². The average Bonchev–Trinajstić information content (AvgIpc) is 2.90. The fraction of sp³-hybridized carbons (Fsp3) is 0.500. The van der Waals surface area contributed by atoms with E-state index in [4.69, 9.17) is 5.26 Å². The molecule has 0 saturated heterocycles. The Kier molecular flexibility index (Phi) is 4.18. The van der Waals surface area contributed by atoms with Crippen molar-refractivity contribution in [3.8, 4) is 6.07 Å². The standard InChI is InChI=1S/C16H20N4O/c17-7-13-4-5-16-19-10-14(20(16)11-13)9-18-8-12-2-1-3-15(21)6-12/h4-5,10-12,15,18,21H,1-3,6,8-9H2. The van der Waals surface area contributed by atoms with Crippen molar-refractivity contribution < 1.29 is 5.11 Å². The van der Waals surface area contributed by atoms with Gasteiger partial charge in [0.2, 0.25) is 0 Å². The molecule has 2 atom stereocenters. The minimum atomic E-state index is -0.125. The molecule has 1 saturated carbocycles. The number of imidazole rings is 1.